The van der Waals surface area contributed by atoms with Crippen LogP contribution >= 0.6 is 12.4 Å². The lowest BCUT2D eigenvalue weighted by molar-refractivity contribution is -0.123. The standard InChI is InChI=1S/C17H22N4O3.ClH/c1-3-23-11(2)16-20-15(24-21-16)10-19-17(22)14-8-12-6-4-5-7-13(12)9-18-14;/h4-7,11,14,18H,3,8-10H2,1-2H3,(H,19,22);1H. The van der Waals surface area contributed by atoms with Gasteiger partial charge in [0, 0.05) is 13.2 Å². The fraction of sp³-hybridized carbons (Fsp3) is 0.471. The number of nitrogens with one attached hydrogen (secondary N) is 2. The predicted octanol–water partition coefficient (Wildman–Crippen LogP) is 1.92. The van der Waals surface area contributed by atoms with Crippen molar-refractivity contribution in [1.82, 2.24) is 20.8 Å². The van der Waals surface area contributed by atoms with Gasteiger partial charge in [-0.1, -0.05) is 29.4 Å². The molecule has 0 fully saturated rings. The van der Waals surface area contributed by atoms with Crippen LogP contribution in [0.4, 0.5) is 0 Å². The molecule has 0 saturated carbocycles. The summed E-state index contributed by atoms with van der Waals surface area (Å²) in [7, 11) is 0. The van der Waals surface area contributed by atoms with Crippen molar-refractivity contribution in [1.29, 1.82) is 0 Å². The topological polar surface area (TPSA) is 89.3 Å². The summed E-state index contributed by atoms with van der Waals surface area (Å²) in [6, 6.07) is 7.91. The number of fused-ring (bicyclic) bond motifs is 1. The van der Waals surface area contributed by atoms with E-state index >= 15 is 0 Å². The van der Waals surface area contributed by atoms with Gasteiger partial charge in [0.1, 0.15) is 6.10 Å². The van der Waals surface area contributed by atoms with Crippen LogP contribution in [0.15, 0.2) is 28.8 Å². The number of carbonyl (C=O) groups is 1. The highest BCUT2D eigenvalue weighted by molar-refractivity contribution is 5.85. The normalized spacial score (nSPS) is 17.3. The van der Waals surface area contributed by atoms with Crippen molar-refractivity contribution in [3.8, 4) is 0 Å². The first-order valence-electron chi connectivity index (χ1n) is 8.19. The molecule has 2 aromatic rings. The van der Waals surface area contributed by atoms with Gasteiger partial charge in [-0.25, -0.2) is 0 Å². The lowest BCUT2D eigenvalue weighted by Crippen LogP contribution is -2.47. The number of nitrogens with zero attached hydrogens (tertiary/aromatic N) is 2. The van der Waals surface area contributed by atoms with Crippen molar-refractivity contribution in [2.75, 3.05) is 6.61 Å². The van der Waals surface area contributed by atoms with E-state index in [1.165, 1.54) is 11.1 Å². The molecule has 0 aliphatic carbocycles. The van der Waals surface area contributed by atoms with Crippen molar-refractivity contribution < 1.29 is 14.1 Å². The largest absolute Gasteiger partial charge is 0.371 e. The smallest absolute Gasteiger partial charge is 0.246 e. The molecule has 7 nitrogen and oxygen atoms in total. The van der Waals surface area contributed by atoms with Crippen LogP contribution in [0.3, 0.4) is 0 Å². The maximum atomic E-state index is 12.3. The van der Waals surface area contributed by atoms with Crippen LogP contribution in [0.25, 0.3) is 0 Å². The van der Waals surface area contributed by atoms with E-state index in [9.17, 15) is 4.79 Å². The first-order chi connectivity index (χ1) is 11.7. The second-order valence-corrected chi connectivity index (χ2v) is 5.77. The van der Waals surface area contributed by atoms with E-state index in [2.05, 4.69) is 32.9 Å². The van der Waals surface area contributed by atoms with Crippen molar-refractivity contribution in [3.63, 3.8) is 0 Å². The molecule has 2 heterocycles. The molecule has 25 heavy (non-hydrogen) atoms. The summed E-state index contributed by atoms with van der Waals surface area (Å²) in [5.74, 6) is 0.800. The Balaban J connectivity index is 0.00000225. The van der Waals surface area contributed by atoms with Gasteiger partial charge in [-0.15, -0.1) is 12.4 Å². The fourth-order valence-electron chi connectivity index (χ4n) is 2.76. The van der Waals surface area contributed by atoms with Gasteiger partial charge in [0.2, 0.25) is 11.8 Å². The first kappa shape index (κ1) is 19.4. The van der Waals surface area contributed by atoms with Crippen LogP contribution in [0.5, 0.6) is 0 Å². The van der Waals surface area contributed by atoms with Gasteiger partial charge < -0.3 is 19.9 Å². The van der Waals surface area contributed by atoms with Crippen LogP contribution in [-0.2, 0) is 29.0 Å². The maximum absolute atomic E-state index is 12.3. The summed E-state index contributed by atoms with van der Waals surface area (Å²) in [4.78, 5) is 16.6. The zero-order valence-electron chi connectivity index (χ0n) is 14.3. The molecule has 1 aliphatic rings. The fourth-order valence-corrected chi connectivity index (χ4v) is 2.76. The molecule has 0 radical (unpaired) electrons. The summed E-state index contributed by atoms with van der Waals surface area (Å²) in [6.07, 6.45) is 0.457. The number of hydrogen-bond acceptors (Lipinski definition) is 6. The molecule has 1 aliphatic heterocycles. The van der Waals surface area contributed by atoms with E-state index in [0.29, 0.717) is 31.3 Å². The molecule has 8 heteroatoms. The van der Waals surface area contributed by atoms with Crippen LogP contribution in [0.2, 0.25) is 0 Å². The van der Waals surface area contributed by atoms with Gasteiger partial charge >= 0.3 is 0 Å². The molecule has 0 bridgehead atoms. The maximum Gasteiger partial charge on any atom is 0.246 e. The van der Waals surface area contributed by atoms with E-state index in [4.69, 9.17) is 9.26 Å². The summed E-state index contributed by atoms with van der Waals surface area (Å²) < 4.78 is 10.6. The quantitative estimate of drug-likeness (QED) is 0.811. The molecule has 3 rings (SSSR count). The second-order valence-electron chi connectivity index (χ2n) is 5.77. The minimum absolute atomic E-state index is 0. The summed E-state index contributed by atoms with van der Waals surface area (Å²) in [5, 5.41) is 9.97. The van der Waals surface area contributed by atoms with E-state index < -0.39 is 0 Å². The van der Waals surface area contributed by atoms with E-state index in [0.717, 1.165) is 0 Å². The number of benzene rings is 1. The van der Waals surface area contributed by atoms with Crippen LogP contribution in [0, 0.1) is 0 Å². The third kappa shape index (κ3) is 4.78. The number of hydrogen-bond donors (Lipinski definition) is 2. The Bertz CT molecular complexity index is 707. The van der Waals surface area contributed by atoms with Gasteiger partial charge in [0.15, 0.2) is 5.82 Å². The zero-order valence-corrected chi connectivity index (χ0v) is 15.1. The molecule has 1 amide bonds. The number of ether oxygens (including phenoxy) is 1. The molecule has 1 aromatic heterocycles. The molecular weight excluding hydrogens is 344 g/mol. The molecule has 136 valence electrons. The Morgan fingerprint density at radius 1 is 1.44 bits per heavy atom. The SMILES string of the molecule is CCOC(C)c1noc(CNC(=O)C2Cc3ccccc3CN2)n1.Cl. The third-order valence-electron chi connectivity index (χ3n) is 4.08. The third-order valence-corrected chi connectivity index (χ3v) is 4.08. The summed E-state index contributed by atoms with van der Waals surface area (Å²) >= 11 is 0. The van der Waals surface area contributed by atoms with Gasteiger partial charge in [-0.2, -0.15) is 4.98 Å². The lowest BCUT2D eigenvalue weighted by Gasteiger charge is -2.25. The number of amides is 1. The number of halogens is 1. The van der Waals surface area contributed by atoms with Crippen molar-refractivity contribution in [2.24, 2.45) is 0 Å². The summed E-state index contributed by atoms with van der Waals surface area (Å²) in [6.45, 7) is 5.26. The number of carbonyl (C=O) groups excluding carboxylic acids is 1. The Labute approximate surface area is 152 Å². The van der Waals surface area contributed by atoms with E-state index in [-0.39, 0.29) is 37.0 Å². The Morgan fingerprint density at radius 3 is 2.96 bits per heavy atom. The highest BCUT2D eigenvalue weighted by atomic mass is 35.5. The Hall–Kier alpha value is -1.96. The van der Waals surface area contributed by atoms with Crippen LogP contribution < -0.4 is 10.6 Å². The second kappa shape index (κ2) is 8.94. The monoisotopic (exact) mass is 366 g/mol. The number of aromatic nitrogens is 2. The highest BCUT2D eigenvalue weighted by Crippen LogP contribution is 2.16. The molecular formula is C17H23ClN4O3. The zero-order chi connectivity index (χ0) is 16.9. The minimum Gasteiger partial charge on any atom is -0.371 e. The molecule has 2 atom stereocenters. The summed E-state index contributed by atoms with van der Waals surface area (Å²) in [5.41, 5.74) is 2.45. The lowest BCUT2D eigenvalue weighted by atomic mass is 9.95. The molecule has 0 spiro atoms. The molecule has 1 aromatic carbocycles. The minimum atomic E-state index is -0.246. The van der Waals surface area contributed by atoms with E-state index in [1.54, 1.807) is 0 Å². The van der Waals surface area contributed by atoms with Crippen molar-refractivity contribution in [3.05, 3.63) is 47.1 Å². The first-order valence-corrected chi connectivity index (χ1v) is 8.19. The van der Waals surface area contributed by atoms with Crippen LogP contribution in [-0.4, -0.2) is 28.7 Å². The average molecular weight is 367 g/mol. The molecule has 0 saturated heterocycles. The van der Waals surface area contributed by atoms with Gasteiger partial charge in [-0.05, 0) is 31.4 Å². The van der Waals surface area contributed by atoms with E-state index in [1.807, 2.05) is 26.0 Å². The molecule has 2 N–H and O–H groups in total. The van der Waals surface area contributed by atoms with Crippen molar-refractivity contribution in [2.45, 2.75) is 45.5 Å². The Morgan fingerprint density at radius 2 is 2.20 bits per heavy atom. The van der Waals surface area contributed by atoms with Crippen LogP contribution in [0.1, 0.15) is 42.8 Å². The molecule has 2 unspecified atom stereocenters. The van der Waals surface area contributed by atoms with Gasteiger partial charge in [-0.3, -0.25) is 4.79 Å². The number of rotatable bonds is 6. The Kier molecular flexibility index (Phi) is 6.92. The predicted molar refractivity (Wildman–Crippen MR) is 94.2 cm³/mol. The van der Waals surface area contributed by atoms with Gasteiger partial charge in [0.05, 0.1) is 12.6 Å². The highest BCUT2D eigenvalue weighted by Gasteiger charge is 2.24. The average Bonchev–Trinajstić information content (AvgIpc) is 3.08. The van der Waals surface area contributed by atoms with Gasteiger partial charge in [0.25, 0.3) is 0 Å². The van der Waals surface area contributed by atoms with Crippen molar-refractivity contribution >= 4 is 18.3 Å².